The van der Waals surface area contributed by atoms with Crippen LogP contribution in [0.2, 0.25) is 10.0 Å². The summed E-state index contributed by atoms with van der Waals surface area (Å²) < 4.78 is 0. The minimum Gasteiger partial charge on any atom is -0.477 e. The molecule has 0 aliphatic carbocycles. The SMILES string of the molecule is O=C(O)c1cccc(Nc2ccc(Cl)cc2Cl)c1[N+](=O)[O-]. The van der Waals surface area contributed by atoms with Crippen molar-refractivity contribution in [1.29, 1.82) is 0 Å². The second-order valence-corrected chi connectivity index (χ2v) is 4.86. The summed E-state index contributed by atoms with van der Waals surface area (Å²) in [5, 5.41) is 23.6. The van der Waals surface area contributed by atoms with Crippen LogP contribution >= 0.6 is 23.2 Å². The van der Waals surface area contributed by atoms with Gasteiger partial charge in [0, 0.05) is 5.02 Å². The Labute approximate surface area is 129 Å². The van der Waals surface area contributed by atoms with Crippen LogP contribution in [0.3, 0.4) is 0 Å². The molecule has 0 heterocycles. The minimum atomic E-state index is -1.38. The highest BCUT2D eigenvalue weighted by atomic mass is 35.5. The third-order valence-corrected chi connectivity index (χ3v) is 3.20. The van der Waals surface area contributed by atoms with Gasteiger partial charge in [0.25, 0.3) is 0 Å². The molecule has 0 aromatic heterocycles. The average molecular weight is 327 g/mol. The first-order chi connectivity index (χ1) is 9.90. The van der Waals surface area contributed by atoms with Gasteiger partial charge < -0.3 is 10.4 Å². The maximum absolute atomic E-state index is 11.1. The van der Waals surface area contributed by atoms with Gasteiger partial charge in [0.1, 0.15) is 11.3 Å². The number of carboxylic acid groups (broad SMARTS) is 1. The van der Waals surface area contributed by atoms with Gasteiger partial charge in [-0.3, -0.25) is 10.1 Å². The van der Waals surface area contributed by atoms with Crippen LogP contribution in [-0.2, 0) is 0 Å². The number of anilines is 2. The number of benzene rings is 2. The number of rotatable bonds is 4. The monoisotopic (exact) mass is 326 g/mol. The molecule has 0 fully saturated rings. The van der Waals surface area contributed by atoms with Crippen LogP contribution in [0.1, 0.15) is 10.4 Å². The summed E-state index contributed by atoms with van der Waals surface area (Å²) in [7, 11) is 0. The number of halogens is 2. The fourth-order valence-corrected chi connectivity index (χ4v) is 2.21. The maximum atomic E-state index is 11.1. The fourth-order valence-electron chi connectivity index (χ4n) is 1.75. The van der Waals surface area contributed by atoms with Gasteiger partial charge >= 0.3 is 11.7 Å². The molecule has 2 rings (SSSR count). The number of carboxylic acids is 1. The van der Waals surface area contributed by atoms with E-state index >= 15 is 0 Å². The Morgan fingerprint density at radius 1 is 1.19 bits per heavy atom. The van der Waals surface area contributed by atoms with E-state index in [0.717, 1.165) is 6.07 Å². The lowest BCUT2D eigenvalue weighted by Crippen LogP contribution is -2.05. The van der Waals surface area contributed by atoms with E-state index in [4.69, 9.17) is 28.3 Å². The van der Waals surface area contributed by atoms with Gasteiger partial charge in [-0.1, -0.05) is 29.3 Å². The molecule has 0 spiro atoms. The molecule has 0 bridgehead atoms. The maximum Gasteiger partial charge on any atom is 0.342 e. The molecule has 0 amide bonds. The van der Waals surface area contributed by atoms with Gasteiger partial charge in [-0.15, -0.1) is 0 Å². The van der Waals surface area contributed by atoms with Crippen LogP contribution in [-0.4, -0.2) is 16.0 Å². The van der Waals surface area contributed by atoms with Crippen molar-refractivity contribution in [3.63, 3.8) is 0 Å². The van der Waals surface area contributed by atoms with E-state index in [1.807, 2.05) is 0 Å². The third-order valence-electron chi connectivity index (χ3n) is 2.65. The summed E-state index contributed by atoms with van der Waals surface area (Å²) in [5.74, 6) is -1.38. The topological polar surface area (TPSA) is 92.5 Å². The number of hydrogen-bond acceptors (Lipinski definition) is 4. The second-order valence-electron chi connectivity index (χ2n) is 4.01. The molecule has 8 heteroatoms. The lowest BCUT2D eigenvalue weighted by atomic mass is 10.1. The largest absolute Gasteiger partial charge is 0.477 e. The Morgan fingerprint density at radius 2 is 1.90 bits per heavy atom. The predicted molar refractivity (Wildman–Crippen MR) is 79.8 cm³/mol. The number of carbonyl (C=O) groups is 1. The molecule has 0 saturated heterocycles. The third kappa shape index (κ3) is 3.24. The van der Waals surface area contributed by atoms with Crippen molar-refractivity contribution in [2.45, 2.75) is 0 Å². The first kappa shape index (κ1) is 15.1. The lowest BCUT2D eigenvalue weighted by Gasteiger charge is -2.10. The second kappa shape index (κ2) is 5.99. The Hall–Kier alpha value is -2.31. The normalized spacial score (nSPS) is 10.2. The summed E-state index contributed by atoms with van der Waals surface area (Å²) in [6.45, 7) is 0. The molecule has 0 unspecified atom stereocenters. The molecule has 2 aromatic rings. The number of nitrogens with zero attached hydrogens (tertiary/aromatic N) is 1. The summed E-state index contributed by atoms with van der Waals surface area (Å²) in [4.78, 5) is 21.4. The molecule has 6 nitrogen and oxygen atoms in total. The molecule has 2 aromatic carbocycles. The van der Waals surface area contributed by atoms with Crippen molar-refractivity contribution in [2.24, 2.45) is 0 Å². The summed E-state index contributed by atoms with van der Waals surface area (Å²) in [6.07, 6.45) is 0. The Bertz CT molecular complexity index is 734. The summed E-state index contributed by atoms with van der Waals surface area (Å²) in [5.41, 5.74) is -0.526. The zero-order chi connectivity index (χ0) is 15.6. The van der Waals surface area contributed by atoms with Gasteiger partial charge in [0.15, 0.2) is 0 Å². The van der Waals surface area contributed by atoms with Crippen molar-refractivity contribution in [3.05, 3.63) is 62.1 Å². The van der Waals surface area contributed by atoms with Crippen molar-refractivity contribution in [3.8, 4) is 0 Å². The molecule has 0 radical (unpaired) electrons. The van der Waals surface area contributed by atoms with Crippen LogP contribution in [0.25, 0.3) is 0 Å². The lowest BCUT2D eigenvalue weighted by molar-refractivity contribution is -0.384. The minimum absolute atomic E-state index is 0.0316. The first-order valence-electron chi connectivity index (χ1n) is 5.63. The van der Waals surface area contributed by atoms with Crippen molar-refractivity contribution >= 4 is 46.2 Å². The van der Waals surface area contributed by atoms with E-state index in [2.05, 4.69) is 5.32 Å². The predicted octanol–water partition coefficient (Wildman–Crippen LogP) is 4.34. The molecule has 0 aliphatic rings. The Balaban J connectivity index is 2.51. The van der Waals surface area contributed by atoms with E-state index in [0.29, 0.717) is 10.7 Å². The number of aromatic carboxylic acids is 1. The molecular formula is C13H8Cl2N2O4. The van der Waals surface area contributed by atoms with Crippen LogP contribution in [0.4, 0.5) is 17.1 Å². The zero-order valence-electron chi connectivity index (χ0n) is 10.3. The molecular weight excluding hydrogens is 319 g/mol. The van der Waals surface area contributed by atoms with E-state index in [1.165, 1.54) is 18.2 Å². The van der Waals surface area contributed by atoms with E-state index in [1.54, 1.807) is 12.1 Å². The van der Waals surface area contributed by atoms with Gasteiger partial charge in [0.05, 0.1) is 15.6 Å². The number of nitro groups is 1. The van der Waals surface area contributed by atoms with Crippen molar-refractivity contribution in [2.75, 3.05) is 5.32 Å². The molecule has 0 saturated carbocycles. The number of para-hydroxylation sites is 1. The molecule has 21 heavy (non-hydrogen) atoms. The number of hydrogen-bond donors (Lipinski definition) is 2. The van der Waals surface area contributed by atoms with E-state index in [9.17, 15) is 14.9 Å². The van der Waals surface area contributed by atoms with Crippen LogP contribution in [0.5, 0.6) is 0 Å². The Morgan fingerprint density at radius 3 is 2.48 bits per heavy atom. The van der Waals surface area contributed by atoms with Gasteiger partial charge in [-0.2, -0.15) is 0 Å². The Kier molecular flexibility index (Phi) is 4.30. The highest BCUT2D eigenvalue weighted by molar-refractivity contribution is 6.36. The van der Waals surface area contributed by atoms with Crippen LogP contribution < -0.4 is 5.32 Å². The van der Waals surface area contributed by atoms with E-state index < -0.39 is 22.1 Å². The molecule has 0 atom stereocenters. The summed E-state index contributed by atoms with van der Waals surface area (Å²) in [6, 6.07) is 8.54. The smallest absolute Gasteiger partial charge is 0.342 e. The van der Waals surface area contributed by atoms with Gasteiger partial charge in [-0.05, 0) is 30.3 Å². The molecule has 2 N–H and O–H groups in total. The van der Waals surface area contributed by atoms with Crippen LogP contribution in [0.15, 0.2) is 36.4 Å². The standard InChI is InChI=1S/C13H8Cl2N2O4/c14-7-4-5-10(9(15)6-7)16-11-3-1-2-8(13(18)19)12(11)17(20)21/h1-6,16H,(H,18,19). The van der Waals surface area contributed by atoms with Crippen molar-refractivity contribution in [1.82, 2.24) is 0 Å². The number of nitro benzene ring substituents is 1. The van der Waals surface area contributed by atoms with Crippen LogP contribution in [0, 0.1) is 10.1 Å². The fraction of sp³-hybridized carbons (Fsp3) is 0. The highest BCUT2D eigenvalue weighted by Crippen LogP contribution is 2.34. The highest BCUT2D eigenvalue weighted by Gasteiger charge is 2.24. The average Bonchev–Trinajstić information content (AvgIpc) is 2.41. The van der Waals surface area contributed by atoms with E-state index in [-0.39, 0.29) is 10.7 Å². The quantitative estimate of drug-likeness (QED) is 0.643. The van der Waals surface area contributed by atoms with Crippen molar-refractivity contribution < 1.29 is 14.8 Å². The molecule has 0 aliphatic heterocycles. The number of nitrogens with one attached hydrogen (secondary N) is 1. The zero-order valence-corrected chi connectivity index (χ0v) is 11.9. The first-order valence-corrected chi connectivity index (χ1v) is 6.38. The molecule has 108 valence electrons. The summed E-state index contributed by atoms with van der Waals surface area (Å²) >= 11 is 11.8. The van der Waals surface area contributed by atoms with Gasteiger partial charge in [-0.25, -0.2) is 4.79 Å². The van der Waals surface area contributed by atoms with Gasteiger partial charge in [0.2, 0.25) is 0 Å².